The molecule has 0 bridgehead atoms. The van der Waals surface area contributed by atoms with E-state index in [1.165, 1.54) is 10.6 Å². The molecule has 1 atom stereocenters. The van der Waals surface area contributed by atoms with Gasteiger partial charge in [-0.15, -0.1) is 11.3 Å². The number of thiocarbonyl (C=S) groups is 1. The summed E-state index contributed by atoms with van der Waals surface area (Å²) in [6, 6.07) is 16.6. The van der Waals surface area contributed by atoms with Crippen molar-refractivity contribution in [3.8, 4) is 5.75 Å². The van der Waals surface area contributed by atoms with Crippen molar-refractivity contribution >= 4 is 34.4 Å². The van der Waals surface area contributed by atoms with E-state index in [0.717, 1.165) is 29.6 Å². The van der Waals surface area contributed by atoms with Crippen molar-refractivity contribution in [2.45, 2.75) is 12.6 Å². The number of hydrogen-bond donors (Lipinski definition) is 1. The molecule has 3 heterocycles. The maximum atomic E-state index is 5.75. The summed E-state index contributed by atoms with van der Waals surface area (Å²) in [6.45, 7) is 1.82. The number of ether oxygens (including phenoxy) is 1. The van der Waals surface area contributed by atoms with Crippen molar-refractivity contribution in [1.29, 1.82) is 0 Å². The van der Waals surface area contributed by atoms with Crippen LogP contribution in [0.15, 0.2) is 60.1 Å². The molecule has 128 valence electrons. The first-order chi connectivity index (χ1) is 12.3. The van der Waals surface area contributed by atoms with Gasteiger partial charge in [-0.25, -0.2) is 0 Å². The average Bonchev–Trinajstić information content (AvgIpc) is 3.33. The number of anilines is 1. The Labute approximate surface area is 156 Å². The third-order valence-corrected chi connectivity index (χ3v) is 5.71. The molecule has 0 fully saturated rings. The van der Waals surface area contributed by atoms with Crippen molar-refractivity contribution in [1.82, 2.24) is 9.47 Å². The topological polar surface area (TPSA) is 29.4 Å². The quantitative estimate of drug-likeness (QED) is 0.695. The lowest BCUT2D eigenvalue weighted by Crippen LogP contribution is -2.44. The number of hydrogen-bond acceptors (Lipinski definition) is 3. The van der Waals surface area contributed by atoms with Gasteiger partial charge in [0.15, 0.2) is 5.11 Å². The van der Waals surface area contributed by atoms with E-state index in [1.54, 1.807) is 18.4 Å². The summed E-state index contributed by atoms with van der Waals surface area (Å²) < 4.78 is 7.53. The normalized spacial score (nSPS) is 16.4. The Morgan fingerprint density at radius 1 is 1.16 bits per heavy atom. The molecule has 0 spiro atoms. The summed E-state index contributed by atoms with van der Waals surface area (Å²) in [4.78, 5) is 3.58. The Hall–Kier alpha value is -2.31. The molecule has 1 N–H and O–H groups in total. The van der Waals surface area contributed by atoms with Crippen LogP contribution in [-0.2, 0) is 6.54 Å². The predicted octanol–water partition coefficient (Wildman–Crippen LogP) is 4.36. The lowest BCUT2D eigenvalue weighted by Gasteiger charge is -2.38. The van der Waals surface area contributed by atoms with Crippen molar-refractivity contribution < 1.29 is 4.74 Å². The first-order valence-corrected chi connectivity index (χ1v) is 9.45. The predicted molar refractivity (Wildman–Crippen MR) is 107 cm³/mol. The van der Waals surface area contributed by atoms with Gasteiger partial charge >= 0.3 is 0 Å². The highest BCUT2D eigenvalue weighted by Crippen LogP contribution is 2.35. The summed E-state index contributed by atoms with van der Waals surface area (Å²) in [7, 11) is 1.67. The van der Waals surface area contributed by atoms with Crippen LogP contribution >= 0.6 is 23.6 Å². The van der Waals surface area contributed by atoms with Gasteiger partial charge in [0.2, 0.25) is 0 Å². The van der Waals surface area contributed by atoms with Crippen LogP contribution in [0.3, 0.4) is 0 Å². The summed E-state index contributed by atoms with van der Waals surface area (Å²) >= 11 is 7.52. The third-order valence-electron chi connectivity index (χ3n) is 4.45. The van der Waals surface area contributed by atoms with Crippen LogP contribution in [0.1, 0.15) is 16.6 Å². The van der Waals surface area contributed by atoms with E-state index in [-0.39, 0.29) is 6.04 Å². The number of rotatable bonds is 3. The van der Waals surface area contributed by atoms with E-state index in [9.17, 15) is 0 Å². The first-order valence-electron chi connectivity index (χ1n) is 8.16. The molecule has 4 rings (SSSR count). The average molecular weight is 370 g/mol. The largest absolute Gasteiger partial charge is 0.497 e. The van der Waals surface area contributed by atoms with Crippen molar-refractivity contribution in [3.05, 3.63) is 70.7 Å². The van der Waals surface area contributed by atoms with Gasteiger partial charge in [-0.05, 0) is 60.1 Å². The minimum Gasteiger partial charge on any atom is -0.497 e. The molecule has 1 aliphatic heterocycles. The lowest BCUT2D eigenvalue weighted by atomic mass is 10.1. The van der Waals surface area contributed by atoms with Crippen LogP contribution in [0, 0.1) is 0 Å². The van der Waals surface area contributed by atoms with Crippen LogP contribution in [0.4, 0.5) is 5.69 Å². The third kappa shape index (κ3) is 3.15. The smallest absolute Gasteiger partial charge is 0.174 e. The zero-order valence-corrected chi connectivity index (χ0v) is 15.5. The second kappa shape index (κ2) is 6.90. The standard InChI is InChI=1S/C19H19N3OS2/c1-23-15-8-6-14(7-9-15)20-19(24)22-12-11-21-10-2-4-16(21)18(22)17-5-3-13-25-17/h2-10,13,18H,11-12H2,1H3,(H,20,24)/t18-/m0/s1. The number of thiophene rings is 1. The zero-order chi connectivity index (χ0) is 17.2. The molecule has 0 saturated heterocycles. The van der Waals surface area contributed by atoms with E-state index in [4.69, 9.17) is 17.0 Å². The SMILES string of the molecule is COc1ccc(NC(=S)N2CCn3cccc3[C@H]2c2cccs2)cc1. The monoisotopic (exact) mass is 369 g/mol. The summed E-state index contributed by atoms with van der Waals surface area (Å²) in [6.07, 6.45) is 2.15. The molecule has 0 saturated carbocycles. The highest BCUT2D eigenvalue weighted by atomic mass is 32.1. The Balaban J connectivity index is 1.60. The number of nitrogens with zero attached hydrogens (tertiary/aromatic N) is 2. The van der Waals surface area contributed by atoms with Gasteiger partial charge in [0.1, 0.15) is 11.8 Å². The van der Waals surface area contributed by atoms with Gasteiger partial charge in [-0.1, -0.05) is 6.07 Å². The molecule has 25 heavy (non-hydrogen) atoms. The molecular formula is C19H19N3OS2. The Bertz CT molecular complexity index is 855. The molecule has 0 aliphatic carbocycles. The molecule has 4 nitrogen and oxygen atoms in total. The van der Waals surface area contributed by atoms with Crippen LogP contribution in [0.5, 0.6) is 5.75 Å². The number of fused-ring (bicyclic) bond motifs is 1. The van der Waals surface area contributed by atoms with Crippen molar-refractivity contribution in [3.63, 3.8) is 0 Å². The van der Waals surface area contributed by atoms with E-state index >= 15 is 0 Å². The molecule has 3 aromatic rings. The fraction of sp³-hybridized carbons (Fsp3) is 0.211. The molecule has 0 unspecified atom stereocenters. The fourth-order valence-electron chi connectivity index (χ4n) is 3.22. The van der Waals surface area contributed by atoms with Crippen molar-refractivity contribution in [2.24, 2.45) is 0 Å². The molecule has 1 aromatic carbocycles. The number of nitrogens with one attached hydrogen (secondary N) is 1. The van der Waals surface area contributed by atoms with E-state index in [0.29, 0.717) is 0 Å². The Morgan fingerprint density at radius 3 is 2.72 bits per heavy atom. The van der Waals surface area contributed by atoms with Gasteiger partial charge in [0, 0.05) is 35.5 Å². The van der Waals surface area contributed by atoms with Crippen LogP contribution in [0.2, 0.25) is 0 Å². The van der Waals surface area contributed by atoms with Crippen molar-refractivity contribution in [2.75, 3.05) is 19.0 Å². The highest BCUT2D eigenvalue weighted by Gasteiger charge is 2.31. The summed E-state index contributed by atoms with van der Waals surface area (Å²) in [5.74, 6) is 0.837. The first kappa shape index (κ1) is 16.2. The molecule has 0 amide bonds. The van der Waals surface area contributed by atoms with E-state index in [1.807, 2.05) is 24.3 Å². The Morgan fingerprint density at radius 2 is 2.00 bits per heavy atom. The van der Waals surface area contributed by atoms with Gasteiger partial charge in [-0.2, -0.15) is 0 Å². The molecular weight excluding hydrogens is 350 g/mol. The lowest BCUT2D eigenvalue weighted by molar-refractivity contribution is 0.297. The number of methoxy groups -OCH3 is 1. The maximum Gasteiger partial charge on any atom is 0.174 e. The minimum atomic E-state index is 0.155. The van der Waals surface area contributed by atoms with Gasteiger partial charge in [0.05, 0.1) is 7.11 Å². The Kier molecular flexibility index (Phi) is 4.46. The van der Waals surface area contributed by atoms with E-state index in [2.05, 4.69) is 50.6 Å². The second-order valence-corrected chi connectivity index (χ2v) is 7.26. The summed E-state index contributed by atoms with van der Waals surface area (Å²) in [5.41, 5.74) is 2.25. The molecule has 6 heteroatoms. The highest BCUT2D eigenvalue weighted by molar-refractivity contribution is 7.80. The maximum absolute atomic E-state index is 5.75. The van der Waals surface area contributed by atoms with Crippen LogP contribution in [-0.4, -0.2) is 28.2 Å². The minimum absolute atomic E-state index is 0.155. The number of benzene rings is 1. The summed E-state index contributed by atoms with van der Waals surface area (Å²) in [5, 5.41) is 6.24. The van der Waals surface area contributed by atoms with E-state index < -0.39 is 0 Å². The number of aromatic nitrogens is 1. The fourth-order valence-corrected chi connectivity index (χ4v) is 4.38. The molecule has 1 aliphatic rings. The molecule has 2 aromatic heterocycles. The van der Waals surface area contributed by atoms with Gasteiger partial charge in [0.25, 0.3) is 0 Å². The zero-order valence-electron chi connectivity index (χ0n) is 13.9. The van der Waals surface area contributed by atoms with Crippen LogP contribution < -0.4 is 10.1 Å². The second-order valence-electron chi connectivity index (χ2n) is 5.90. The molecule has 0 radical (unpaired) electrons. The van der Waals surface area contributed by atoms with Gasteiger partial charge in [-0.3, -0.25) is 0 Å². The van der Waals surface area contributed by atoms with Gasteiger partial charge < -0.3 is 19.5 Å². The van der Waals surface area contributed by atoms with Crippen LogP contribution in [0.25, 0.3) is 0 Å².